The van der Waals surface area contributed by atoms with Crippen LogP contribution in [0.25, 0.3) is 0 Å². The number of likely N-dealkylation sites (tertiary alicyclic amines) is 1. The third-order valence-corrected chi connectivity index (χ3v) is 3.25. The average Bonchev–Trinajstić information content (AvgIpc) is 2.65. The molecule has 3 heteroatoms. The van der Waals surface area contributed by atoms with Crippen molar-refractivity contribution in [1.82, 2.24) is 14.5 Å². The van der Waals surface area contributed by atoms with Gasteiger partial charge in [-0.3, -0.25) is 0 Å². The molecule has 0 N–H and O–H groups in total. The lowest BCUT2D eigenvalue weighted by molar-refractivity contribution is 0.246. The molecule has 3 nitrogen and oxygen atoms in total. The largest absolute Gasteiger partial charge is 0.333 e. The topological polar surface area (TPSA) is 21.1 Å². The van der Waals surface area contributed by atoms with E-state index in [-0.39, 0.29) is 0 Å². The Kier molecular flexibility index (Phi) is 3.78. The summed E-state index contributed by atoms with van der Waals surface area (Å²) in [5, 5.41) is 0. The molecule has 0 saturated carbocycles. The molecule has 0 bridgehead atoms. The number of imidazole rings is 1. The maximum absolute atomic E-state index is 4.10. The van der Waals surface area contributed by atoms with Gasteiger partial charge in [-0.05, 0) is 32.9 Å². The summed E-state index contributed by atoms with van der Waals surface area (Å²) < 4.78 is 2.20. The molecule has 0 aromatic carbocycles. The molecule has 1 aliphatic heterocycles. The van der Waals surface area contributed by atoms with E-state index in [2.05, 4.69) is 27.6 Å². The molecule has 84 valence electrons. The van der Waals surface area contributed by atoms with Gasteiger partial charge in [0.2, 0.25) is 0 Å². The molecule has 1 saturated heterocycles. The van der Waals surface area contributed by atoms with Gasteiger partial charge in [0.1, 0.15) is 0 Å². The van der Waals surface area contributed by atoms with E-state index in [0.29, 0.717) is 6.04 Å². The molecule has 15 heavy (non-hydrogen) atoms. The maximum atomic E-state index is 4.10. The van der Waals surface area contributed by atoms with Crippen molar-refractivity contribution in [1.29, 1.82) is 0 Å². The summed E-state index contributed by atoms with van der Waals surface area (Å²) in [6, 6.07) is 0.547. The molecule has 1 atom stereocenters. The highest BCUT2D eigenvalue weighted by atomic mass is 15.2. The lowest BCUT2D eigenvalue weighted by Crippen LogP contribution is -2.30. The minimum Gasteiger partial charge on any atom is -0.333 e. The molecular weight excluding hydrogens is 186 g/mol. The predicted molar refractivity (Wildman–Crippen MR) is 61.8 cm³/mol. The van der Waals surface area contributed by atoms with Gasteiger partial charge < -0.3 is 9.47 Å². The lowest BCUT2D eigenvalue weighted by atomic mass is 10.2. The molecule has 0 radical (unpaired) electrons. The van der Waals surface area contributed by atoms with Gasteiger partial charge in [-0.2, -0.15) is 0 Å². The van der Waals surface area contributed by atoms with Gasteiger partial charge >= 0.3 is 0 Å². The van der Waals surface area contributed by atoms with Gasteiger partial charge in [-0.15, -0.1) is 0 Å². The standard InChI is InChI=1S/C12H21N3/c1-12(15-9-6-13-11-15)10-14-7-4-2-3-5-8-14/h6,9,11-12H,2-5,7-8,10H2,1H3. The molecule has 1 fully saturated rings. The summed E-state index contributed by atoms with van der Waals surface area (Å²) in [5.41, 5.74) is 0. The van der Waals surface area contributed by atoms with Crippen LogP contribution in [-0.4, -0.2) is 34.1 Å². The fourth-order valence-electron chi connectivity index (χ4n) is 2.32. The highest BCUT2D eigenvalue weighted by Gasteiger charge is 2.12. The van der Waals surface area contributed by atoms with Crippen molar-refractivity contribution in [3.05, 3.63) is 18.7 Å². The Morgan fingerprint density at radius 2 is 1.93 bits per heavy atom. The molecule has 0 aliphatic carbocycles. The fourth-order valence-corrected chi connectivity index (χ4v) is 2.32. The number of nitrogens with zero attached hydrogens (tertiary/aromatic N) is 3. The van der Waals surface area contributed by atoms with Gasteiger partial charge in [0.05, 0.1) is 6.33 Å². The third-order valence-electron chi connectivity index (χ3n) is 3.25. The zero-order valence-electron chi connectivity index (χ0n) is 9.60. The van der Waals surface area contributed by atoms with E-state index >= 15 is 0 Å². The van der Waals surface area contributed by atoms with E-state index in [4.69, 9.17) is 0 Å². The normalized spacial score (nSPS) is 21.1. The summed E-state index contributed by atoms with van der Waals surface area (Å²) in [5.74, 6) is 0. The SMILES string of the molecule is CC(CN1CCCCCC1)n1ccnc1. The maximum Gasteiger partial charge on any atom is 0.0948 e. The van der Waals surface area contributed by atoms with Crippen molar-refractivity contribution in [3.8, 4) is 0 Å². The van der Waals surface area contributed by atoms with E-state index in [0.717, 1.165) is 6.54 Å². The quantitative estimate of drug-likeness (QED) is 0.758. The van der Waals surface area contributed by atoms with Crippen LogP contribution in [-0.2, 0) is 0 Å². The summed E-state index contributed by atoms with van der Waals surface area (Å²) >= 11 is 0. The summed E-state index contributed by atoms with van der Waals surface area (Å²) in [6.45, 7) is 5.99. The van der Waals surface area contributed by atoms with E-state index < -0.39 is 0 Å². The second kappa shape index (κ2) is 5.31. The summed E-state index contributed by atoms with van der Waals surface area (Å²) in [4.78, 5) is 6.69. The summed E-state index contributed by atoms with van der Waals surface area (Å²) in [7, 11) is 0. The van der Waals surface area contributed by atoms with Crippen LogP contribution in [0.4, 0.5) is 0 Å². The second-order valence-corrected chi connectivity index (χ2v) is 4.57. The van der Waals surface area contributed by atoms with Crippen LogP contribution >= 0.6 is 0 Å². The van der Waals surface area contributed by atoms with Gasteiger partial charge in [0.25, 0.3) is 0 Å². The third kappa shape index (κ3) is 3.06. The Labute approximate surface area is 92.1 Å². The van der Waals surface area contributed by atoms with Crippen molar-refractivity contribution in [2.45, 2.75) is 38.6 Å². The number of aromatic nitrogens is 2. The molecule has 1 aromatic heterocycles. The molecular formula is C12H21N3. The van der Waals surface area contributed by atoms with Crippen molar-refractivity contribution < 1.29 is 0 Å². The molecule has 1 aromatic rings. The first-order chi connectivity index (χ1) is 7.36. The van der Waals surface area contributed by atoms with E-state index in [1.54, 1.807) is 0 Å². The Balaban J connectivity index is 1.84. The van der Waals surface area contributed by atoms with Crippen molar-refractivity contribution >= 4 is 0 Å². The van der Waals surface area contributed by atoms with Crippen LogP contribution < -0.4 is 0 Å². The van der Waals surface area contributed by atoms with Crippen LogP contribution in [0, 0.1) is 0 Å². The van der Waals surface area contributed by atoms with Crippen molar-refractivity contribution in [3.63, 3.8) is 0 Å². The first-order valence-electron chi connectivity index (χ1n) is 6.06. The lowest BCUT2D eigenvalue weighted by Gasteiger charge is -2.24. The smallest absolute Gasteiger partial charge is 0.0948 e. The predicted octanol–water partition coefficient (Wildman–Crippen LogP) is 2.32. The molecule has 1 aliphatic rings. The number of hydrogen-bond acceptors (Lipinski definition) is 2. The number of hydrogen-bond donors (Lipinski definition) is 0. The van der Waals surface area contributed by atoms with E-state index in [1.165, 1.54) is 38.8 Å². The van der Waals surface area contributed by atoms with Crippen LogP contribution in [0.15, 0.2) is 18.7 Å². The first-order valence-corrected chi connectivity index (χ1v) is 6.06. The highest BCUT2D eigenvalue weighted by molar-refractivity contribution is 4.80. The first kappa shape index (κ1) is 10.7. The Morgan fingerprint density at radius 1 is 1.20 bits per heavy atom. The van der Waals surface area contributed by atoms with E-state index in [9.17, 15) is 0 Å². The van der Waals surface area contributed by atoms with Gasteiger partial charge in [-0.25, -0.2) is 4.98 Å². The van der Waals surface area contributed by atoms with Crippen LogP contribution in [0.1, 0.15) is 38.6 Å². The zero-order chi connectivity index (χ0) is 10.5. The second-order valence-electron chi connectivity index (χ2n) is 4.57. The van der Waals surface area contributed by atoms with Gasteiger partial charge in [0, 0.05) is 25.0 Å². The Bertz CT molecular complexity index is 260. The Hall–Kier alpha value is -0.830. The molecule has 0 amide bonds. The molecule has 2 heterocycles. The number of rotatable bonds is 3. The molecule has 1 unspecified atom stereocenters. The van der Waals surface area contributed by atoms with Gasteiger partial charge in [0.15, 0.2) is 0 Å². The van der Waals surface area contributed by atoms with Crippen molar-refractivity contribution in [2.75, 3.05) is 19.6 Å². The van der Waals surface area contributed by atoms with Crippen LogP contribution in [0.3, 0.4) is 0 Å². The molecule has 0 spiro atoms. The van der Waals surface area contributed by atoms with Gasteiger partial charge in [-0.1, -0.05) is 12.8 Å². The zero-order valence-corrected chi connectivity index (χ0v) is 9.60. The average molecular weight is 207 g/mol. The van der Waals surface area contributed by atoms with Crippen LogP contribution in [0.2, 0.25) is 0 Å². The van der Waals surface area contributed by atoms with E-state index in [1.807, 2.05) is 12.5 Å². The van der Waals surface area contributed by atoms with Crippen molar-refractivity contribution in [2.24, 2.45) is 0 Å². The van der Waals surface area contributed by atoms with Crippen LogP contribution in [0.5, 0.6) is 0 Å². The monoisotopic (exact) mass is 207 g/mol. The molecule has 2 rings (SSSR count). The summed E-state index contributed by atoms with van der Waals surface area (Å²) in [6.07, 6.45) is 11.4. The fraction of sp³-hybridized carbons (Fsp3) is 0.750. The Morgan fingerprint density at radius 3 is 2.53 bits per heavy atom. The minimum atomic E-state index is 0.547. The minimum absolute atomic E-state index is 0.547. The highest BCUT2D eigenvalue weighted by Crippen LogP contribution is 2.13.